The predicted octanol–water partition coefficient (Wildman–Crippen LogP) is 0.390. The van der Waals surface area contributed by atoms with Gasteiger partial charge < -0.3 is 20.8 Å². The van der Waals surface area contributed by atoms with Crippen LogP contribution >= 0.6 is 0 Å². The fourth-order valence-corrected chi connectivity index (χ4v) is 1.51. The third-order valence-electron chi connectivity index (χ3n) is 2.34. The molecule has 0 radical (unpaired) electrons. The summed E-state index contributed by atoms with van der Waals surface area (Å²) in [5, 5.41) is 27.5. The average molecular weight is 249 g/mol. The number of anilines is 1. The highest BCUT2D eigenvalue weighted by molar-refractivity contribution is 6.06. The van der Waals surface area contributed by atoms with Crippen molar-refractivity contribution in [3.05, 3.63) is 18.2 Å². The van der Waals surface area contributed by atoms with E-state index in [-0.39, 0.29) is 17.7 Å². The minimum atomic E-state index is -0.193. The number of phenols is 2. The lowest BCUT2D eigenvalue weighted by Gasteiger charge is -2.19. The first-order valence-electron chi connectivity index (χ1n) is 5.48. The standard InChI is InChI=1S/C11H15N5O2/c1-6-13-10(12-2)16-11(14-6)15-7-3-4-8(17)9(18)5-7/h3-6,17-18H,1-2H3,(H3,12,13,14,15,16). The summed E-state index contributed by atoms with van der Waals surface area (Å²) in [6.45, 7) is 1.86. The third kappa shape index (κ3) is 2.62. The SMILES string of the molecule is CNC1=NC(C)N=C(Nc2ccc(O)c(O)c2)N1. The number of nitrogens with zero attached hydrogens (tertiary/aromatic N) is 2. The van der Waals surface area contributed by atoms with Crippen LogP contribution in [0.25, 0.3) is 0 Å². The Morgan fingerprint density at radius 1 is 1.17 bits per heavy atom. The summed E-state index contributed by atoms with van der Waals surface area (Å²) in [6.07, 6.45) is -0.193. The number of rotatable bonds is 1. The second kappa shape index (κ2) is 4.82. The van der Waals surface area contributed by atoms with Crippen LogP contribution in [0.2, 0.25) is 0 Å². The smallest absolute Gasteiger partial charge is 0.204 e. The molecule has 0 saturated carbocycles. The fourth-order valence-electron chi connectivity index (χ4n) is 1.51. The van der Waals surface area contributed by atoms with Crippen LogP contribution in [0, 0.1) is 0 Å². The maximum absolute atomic E-state index is 9.39. The van der Waals surface area contributed by atoms with Gasteiger partial charge in [0.05, 0.1) is 0 Å². The van der Waals surface area contributed by atoms with Crippen molar-refractivity contribution in [2.45, 2.75) is 13.1 Å². The third-order valence-corrected chi connectivity index (χ3v) is 2.34. The molecule has 0 fully saturated rings. The molecule has 1 heterocycles. The Morgan fingerprint density at radius 3 is 2.56 bits per heavy atom. The quantitative estimate of drug-likeness (QED) is 0.366. The summed E-state index contributed by atoms with van der Waals surface area (Å²) in [4.78, 5) is 8.45. The Bertz CT molecular complexity index is 512. The lowest BCUT2D eigenvalue weighted by Crippen LogP contribution is -2.46. The first kappa shape index (κ1) is 12.0. The highest BCUT2D eigenvalue weighted by atomic mass is 16.3. The van der Waals surface area contributed by atoms with E-state index in [4.69, 9.17) is 0 Å². The van der Waals surface area contributed by atoms with Gasteiger partial charge in [0.15, 0.2) is 17.5 Å². The van der Waals surface area contributed by atoms with Crippen molar-refractivity contribution in [1.29, 1.82) is 0 Å². The molecule has 2 rings (SSSR count). The average Bonchev–Trinajstić information content (AvgIpc) is 2.33. The Kier molecular flexibility index (Phi) is 3.22. The molecule has 0 amide bonds. The summed E-state index contributed by atoms with van der Waals surface area (Å²) in [7, 11) is 1.76. The van der Waals surface area contributed by atoms with Gasteiger partial charge in [-0.3, -0.25) is 5.32 Å². The summed E-state index contributed by atoms with van der Waals surface area (Å²) < 4.78 is 0. The van der Waals surface area contributed by atoms with Crippen LogP contribution in [0.3, 0.4) is 0 Å². The first-order valence-corrected chi connectivity index (χ1v) is 5.48. The van der Waals surface area contributed by atoms with Crippen LogP contribution in [-0.4, -0.2) is 35.3 Å². The van der Waals surface area contributed by atoms with E-state index in [1.807, 2.05) is 6.92 Å². The largest absolute Gasteiger partial charge is 0.504 e. The molecule has 0 aliphatic carbocycles. The van der Waals surface area contributed by atoms with Crippen molar-refractivity contribution >= 4 is 17.6 Å². The lowest BCUT2D eigenvalue weighted by molar-refractivity contribution is 0.404. The number of aromatic hydroxyl groups is 2. The van der Waals surface area contributed by atoms with Gasteiger partial charge in [-0.2, -0.15) is 0 Å². The van der Waals surface area contributed by atoms with Crippen molar-refractivity contribution in [2.75, 3.05) is 12.4 Å². The molecule has 7 nitrogen and oxygen atoms in total. The molecule has 5 N–H and O–H groups in total. The monoisotopic (exact) mass is 249 g/mol. The van der Waals surface area contributed by atoms with Gasteiger partial charge in [0.25, 0.3) is 0 Å². The number of nitrogens with one attached hydrogen (secondary N) is 3. The van der Waals surface area contributed by atoms with E-state index >= 15 is 0 Å². The molecule has 1 aromatic rings. The highest BCUT2D eigenvalue weighted by Gasteiger charge is 2.12. The molecule has 1 aliphatic rings. The Labute approximate surface area is 104 Å². The van der Waals surface area contributed by atoms with Gasteiger partial charge in [0.2, 0.25) is 5.96 Å². The molecule has 96 valence electrons. The van der Waals surface area contributed by atoms with E-state index < -0.39 is 0 Å². The summed E-state index contributed by atoms with van der Waals surface area (Å²) in [6, 6.07) is 4.45. The van der Waals surface area contributed by atoms with E-state index in [1.165, 1.54) is 12.1 Å². The molecule has 7 heteroatoms. The first-order chi connectivity index (χ1) is 8.58. The Hall–Kier alpha value is -2.44. The molecule has 1 unspecified atom stereocenters. The van der Waals surface area contributed by atoms with E-state index in [1.54, 1.807) is 13.1 Å². The van der Waals surface area contributed by atoms with E-state index in [9.17, 15) is 10.2 Å². The minimum absolute atomic E-state index is 0.162. The minimum Gasteiger partial charge on any atom is -0.504 e. The zero-order valence-electron chi connectivity index (χ0n) is 10.1. The predicted molar refractivity (Wildman–Crippen MR) is 69.9 cm³/mol. The summed E-state index contributed by atoms with van der Waals surface area (Å²) in [5.41, 5.74) is 0.612. The van der Waals surface area contributed by atoms with Gasteiger partial charge in [-0.1, -0.05) is 0 Å². The zero-order chi connectivity index (χ0) is 13.1. The zero-order valence-corrected chi connectivity index (χ0v) is 10.1. The molecule has 0 bridgehead atoms. The number of guanidine groups is 2. The van der Waals surface area contributed by atoms with Gasteiger partial charge in [0, 0.05) is 18.8 Å². The summed E-state index contributed by atoms with van der Waals surface area (Å²) >= 11 is 0. The van der Waals surface area contributed by atoms with E-state index in [2.05, 4.69) is 25.9 Å². The lowest BCUT2D eigenvalue weighted by atomic mass is 10.3. The Morgan fingerprint density at radius 2 is 1.89 bits per heavy atom. The van der Waals surface area contributed by atoms with E-state index in [0.29, 0.717) is 17.6 Å². The number of hydrogen-bond donors (Lipinski definition) is 5. The second-order valence-electron chi connectivity index (χ2n) is 3.79. The van der Waals surface area contributed by atoms with Crippen LogP contribution < -0.4 is 16.0 Å². The number of hydrogen-bond acceptors (Lipinski definition) is 7. The number of aliphatic imine (C=N–C) groups is 2. The normalized spacial score (nSPS) is 18.4. The van der Waals surface area contributed by atoms with Crippen LogP contribution in [0.5, 0.6) is 11.5 Å². The van der Waals surface area contributed by atoms with Crippen LogP contribution in [0.4, 0.5) is 5.69 Å². The molecular formula is C11H15N5O2. The molecular weight excluding hydrogens is 234 g/mol. The molecule has 0 aromatic heterocycles. The van der Waals surface area contributed by atoms with Gasteiger partial charge in [-0.05, 0) is 19.1 Å². The Balaban J connectivity index is 2.12. The second-order valence-corrected chi connectivity index (χ2v) is 3.79. The maximum Gasteiger partial charge on any atom is 0.204 e. The fraction of sp³-hybridized carbons (Fsp3) is 0.273. The van der Waals surface area contributed by atoms with Crippen LogP contribution in [-0.2, 0) is 0 Å². The van der Waals surface area contributed by atoms with Crippen molar-refractivity contribution in [3.63, 3.8) is 0 Å². The molecule has 18 heavy (non-hydrogen) atoms. The number of phenolic OH excluding ortho intramolecular Hbond substituents is 2. The maximum atomic E-state index is 9.39. The van der Waals surface area contributed by atoms with E-state index in [0.717, 1.165) is 0 Å². The topological polar surface area (TPSA) is 101 Å². The van der Waals surface area contributed by atoms with Crippen molar-refractivity contribution in [3.8, 4) is 11.5 Å². The van der Waals surface area contributed by atoms with Gasteiger partial charge in [0.1, 0.15) is 6.17 Å². The molecule has 0 spiro atoms. The molecule has 0 saturated heterocycles. The molecule has 1 aliphatic heterocycles. The van der Waals surface area contributed by atoms with Crippen molar-refractivity contribution in [2.24, 2.45) is 9.98 Å². The van der Waals surface area contributed by atoms with Crippen molar-refractivity contribution < 1.29 is 10.2 Å². The van der Waals surface area contributed by atoms with Crippen LogP contribution in [0.1, 0.15) is 6.92 Å². The molecule has 1 atom stereocenters. The summed E-state index contributed by atoms with van der Waals surface area (Å²) in [5.74, 6) is 0.784. The number of benzene rings is 1. The molecule has 1 aromatic carbocycles. The van der Waals surface area contributed by atoms with Crippen LogP contribution in [0.15, 0.2) is 28.2 Å². The van der Waals surface area contributed by atoms with Gasteiger partial charge in [-0.15, -0.1) is 0 Å². The van der Waals surface area contributed by atoms with Crippen molar-refractivity contribution in [1.82, 2.24) is 10.6 Å². The van der Waals surface area contributed by atoms with Gasteiger partial charge in [-0.25, -0.2) is 9.98 Å². The highest BCUT2D eigenvalue weighted by Crippen LogP contribution is 2.27. The van der Waals surface area contributed by atoms with Gasteiger partial charge >= 0.3 is 0 Å².